The Kier molecular flexibility index (Phi) is 5.96. The van der Waals surface area contributed by atoms with Crippen molar-refractivity contribution in [2.24, 2.45) is 7.05 Å². The zero-order valence-electron chi connectivity index (χ0n) is 16.2. The van der Waals surface area contributed by atoms with Gasteiger partial charge >= 0.3 is 0 Å². The maximum Gasteiger partial charge on any atom is 0.261 e. The number of thiophene rings is 1. The van der Waals surface area contributed by atoms with Crippen molar-refractivity contribution in [3.8, 4) is 5.75 Å². The average molecular weight is 384 g/mol. The summed E-state index contributed by atoms with van der Waals surface area (Å²) < 4.78 is 7.65. The Morgan fingerprint density at radius 3 is 2.59 bits per heavy atom. The topological polar surface area (TPSA) is 56.1 Å². The third-order valence-electron chi connectivity index (χ3n) is 4.70. The summed E-state index contributed by atoms with van der Waals surface area (Å²) in [5.74, 6) is 0.771. The first-order valence-corrected chi connectivity index (χ1v) is 9.92. The number of nitrogens with zero attached hydrogens (tertiary/aromatic N) is 2. The van der Waals surface area contributed by atoms with Crippen LogP contribution < -0.4 is 10.1 Å². The molecule has 27 heavy (non-hydrogen) atoms. The van der Waals surface area contributed by atoms with Crippen molar-refractivity contribution in [2.75, 3.05) is 0 Å². The molecule has 1 aromatic carbocycles. The smallest absolute Gasteiger partial charge is 0.261 e. The number of nitrogens with one attached hydrogen (secondary N) is 1. The largest absolute Gasteiger partial charge is 0.489 e. The van der Waals surface area contributed by atoms with Gasteiger partial charge in [0.1, 0.15) is 12.4 Å². The first-order chi connectivity index (χ1) is 13.0. The maximum absolute atomic E-state index is 12.4. The normalized spacial score (nSPS) is 10.8. The summed E-state index contributed by atoms with van der Waals surface area (Å²) in [5.41, 5.74) is 5.38. The van der Waals surface area contributed by atoms with E-state index >= 15 is 0 Å². The van der Waals surface area contributed by atoms with E-state index in [1.807, 2.05) is 49.2 Å². The molecule has 0 saturated heterocycles. The molecule has 0 atom stereocenters. The Labute approximate surface area is 164 Å². The van der Waals surface area contributed by atoms with Gasteiger partial charge in [0.15, 0.2) is 0 Å². The monoisotopic (exact) mass is 383 g/mol. The number of aryl methyl sites for hydroxylation is 3. The van der Waals surface area contributed by atoms with Gasteiger partial charge in [-0.05, 0) is 49.4 Å². The highest BCUT2D eigenvalue weighted by Gasteiger charge is 2.13. The van der Waals surface area contributed by atoms with E-state index < -0.39 is 0 Å². The van der Waals surface area contributed by atoms with E-state index in [1.54, 1.807) is 0 Å². The first-order valence-electron chi connectivity index (χ1n) is 9.04. The number of carbonyl (C=O) groups is 1. The Morgan fingerprint density at radius 2 is 1.96 bits per heavy atom. The fourth-order valence-electron chi connectivity index (χ4n) is 2.89. The van der Waals surface area contributed by atoms with Crippen LogP contribution in [0.4, 0.5) is 0 Å². The van der Waals surface area contributed by atoms with Gasteiger partial charge in [0.05, 0.1) is 10.6 Å². The van der Waals surface area contributed by atoms with Gasteiger partial charge in [-0.25, -0.2) is 0 Å². The predicted octanol–water partition coefficient (Wildman–Crippen LogP) is 4.17. The zero-order chi connectivity index (χ0) is 19.4. The van der Waals surface area contributed by atoms with Crippen molar-refractivity contribution in [3.05, 3.63) is 68.7 Å². The van der Waals surface area contributed by atoms with Crippen LogP contribution >= 0.6 is 11.3 Å². The van der Waals surface area contributed by atoms with E-state index in [4.69, 9.17) is 4.74 Å². The van der Waals surface area contributed by atoms with Crippen LogP contribution in [0.25, 0.3) is 0 Å². The molecule has 1 amide bonds. The number of hydrogen-bond donors (Lipinski definition) is 1. The Bertz CT molecular complexity index is 926. The second-order valence-corrected chi connectivity index (χ2v) is 7.47. The van der Waals surface area contributed by atoms with Crippen LogP contribution in [0.3, 0.4) is 0 Å². The molecule has 2 aromatic heterocycles. The molecule has 3 aromatic rings. The Hall–Kier alpha value is -2.60. The molecule has 0 bridgehead atoms. The van der Waals surface area contributed by atoms with Gasteiger partial charge in [-0.2, -0.15) is 5.10 Å². The molecule has 0 aliphatic rings. The van der Waals surface area contributed by atoms with Crippen LogP contribution in [0, 0.1) is 13.8 Å². The first kappa shape index (κ1) is 19.2. The standard InChI is InChI=1S/C21H25N3O2S/c1-5-16-6-8-18(9-7-16)26-12-17-10-20(27-13-17)21(25)22-11-19-14(2)23-24(4)15(19)3/h6-10,13H,5,11-12H2,1-4H3,(H,22,25). The lowest BCUT2D eigenvalue weighted by molar-refractivity contribution is 0.0955. The van der Waals surface area contributed by atoms with E-state index in [0.717, 1.165) is 34.7 Å². The molecule has 1 N–H and O–H groups in total. The van der Waals surface area contributed by atoms with Crippen molar-refractivity contribution >= 4 is 17.2 Å². The second-order valence-electron chi connectivity index (χ2n) is 6.56. The van der Waals surface area contributed by atoms with Crippen LogP contribution in [-0.4, -0.2) is 15.7 Å². The molecule has 6 heteroatoms. The van der Waals surface area contributed by atoms with E-state index in [-0.39, 0.29) is 5.91 Å². The number of ether oxygens (including phenoxy) is 1. The third kappa shape index (κ3) is 4.57. The molecule has 0 aliphatic carbocycles. The van der Waals surface area contributed by atoms with Crippen molar-refractivity contribution in [2.45, 2.75) is 40.3 Å². The highest BCUT2D eigenvalue weighted by atomic mass is 32.1. The quantitative estimate of drug-likeness (QED) is 0.666. The van der Waals surface area contributed by atoms with Crippen molar-refractivity contribution in [1.29, 1.82) is 0 Å². The van der Waals surface area contributed by atoms with Crippen LogP contribution in [-0.2, 0) is 26.6 Å². The zero-order valence-corrected chi connectivity index (χ0v) is 17.0. The minimum atomic E-state index is -0.0683. The van der Waals surface area contributed by atoms with Crippen molar-refractivity contribution in [3.63, 3.8) is 0 Å². The molecule has 0 unspecified atom stereocenters. The Balaban J connectivity index is 1.55. The fraction of sp³-hybridized carbons (Fsp3) is 0.333. The van der Waals surface area contributed by atoms with Gasteiger partial charge in [-0.1, -0.05) is 19.1 Å². The predicted molar refractivity (Wildman–Crippen MR) is 108 cm³/mol. The summed E-state index contributed by atoms with van der Waals surface area (Å²) in [4.78, 5) is 13.1. The maximum atomic E-state index is 12.4. The van der Waals surface area contributed by atoms with Crippen LogP contribution in [0.15, 0.2) is 35.7 Å². The lowest BCUT2D eigenvalue weighted by Gasteiger charge is -2.06. The van der Waals surface area contributed by atoms with Gasteiger partial charge in [0, 0.05) is 30.4 Å². The van der Waals surface area contributed by atoms with E-state index in [2.05, 4.69) is 29.5 Å². The summed E-state index contributed by atoms with van der Waals surface area (Å²) in [6.45, 7) is 7.04. The summed E-state index contributed by atoms with van der Waals surface area (Å²) in [7, 11) is 1.91. The van der Waals surface area contributed by atoms with E-state index in [9.17, 15) is 4.79 Å². The van der Waals surface area contributed by atoms with Gasteiger partial charge in [-0.15, -0.1) is 11.3 Å². The van der Waals surface area contributed by atoms with Gasteiger partial charge in [-0.3, -0.25) is 9.48 Å². The highest BCUT2D eigenvalue weighted by molar-refractivity contribution is 7.12. The summed E-state index contributed by atoms with van der Waals surface area (Å²) in [6, 6.07) is 10.0. The summed E-state index contributed by atoms with van der Waals surface area (Å²) >= 11 is 1.43. The fourth-order valence-corrected chi connectivity index (χ4v) is 3.70. The van der Waals surface area contributed by atoms with E-state index in [0.29, 0.717) is 18.0 Å². The second kappa shape index (κ2) is 8.39. The molecule has 3 rings (SSSR count). The lowest BCUT2D eigenvalue weighted by atomic mass is 10.2. The number of hydrogen-bond acceptors (Lipinski definition) is 4. The molecular weight excluding hydrogens is 358 g/mol. The molecule has 5 nitrogen and oxygen atoms in total. The molecule has 0 radical (unpaired) electrons. The number of aromatic nitrogens is 2. The SMILES string of the molecule is CCc1ccc(OCc2csc(C(=O)NCc3c(C)nn(C)c3C)c2)cc1. The lowest BCUT2D eigenvalue weighted by Crippen LogP contribution is -2.22. The molecule has 0 spiro atoms. The number of rotatable bonds is 7. The van der Waals surface area contributed by atoms with Crippen LogP contribution in [0.2, 0.25) is 0 Å². The number of benzene rings is 1. The van der Waals surface area contributed by atoms with Gasteiger partial charge in [0.2, 0.25) is 0 Å². The molecule has 0 saturated carbocycles. The van der Waals surface area contributed by atoms with Crippen LogP contribution in [0.5, 0.6) is 5.75 Å². The number of amides is 1. The number of carbonyl (C=O) groups excluding carboxylic acids is 1. The molecule has 2 heterocycles. The molecule has 0 fully saturated rings. The minimum absolute atomic E-state index is 0.0683. The van der Waals surface area contributed by atoms with Gasteiger partial charge < -0.3 is 10.1 Å². The highest BCUT2D eigenvalue weighted by Crippen LogP contribution is 2.19. The summed E-state index contributed by atoms with van der Waals surface area (Å²) in [5, 5.41) is 9.34. The summed E-state index contributed by atoms with van der Waals surface area (Å²) in [6.07, 6.45) is 1.02. The molecular formula is C21H25N3O2S. The average Bonchev–Trinajstić information content (AvgIpc) is 3.24. The molecule has 0 aliphatic heterocycles. The van der Waals surface area contributed by atoms with Crippen LogP contribution in [0.1, 0.15) is 44.7 Å². The van der Waals surface area contributed by atoms with Crippen molar-refractivity contribution in [1.82, 2.24) is 15.1 Å². The van der Waals surface area contributed by atoms with Crippen molar-refractivity contribution < 1.29 is 9.53 Å². The molecule has 142 valence electrons. The van der Waals surface area contributed by atoms with E-state index in [1.165, 1.54) is 16.9 Å². The van der Waals surface area contributed by atoms with Gasteiger partial charge in [0.25, 0.3) is 5.91 Å². The minimum Gasteiger partial charge on any atom is -0.489 e. The third-order valence-corrected chi connectivity index (χ3v) is 5.68. The Morgan fingerprint density at radius 1 is 1.22 bits per heavy atom.